The second kappa shape index (κ2) is 9.34. The summed E-state index contributed by atoms with van der Waals surface area (Å²) in [7, 11) is 0. The lowest BCUT2D eigenvalue weighted by atomic mass is 10.00. The molecular formula is C26H16F3N5O2. The minimum Gasteiger partial charge on any atom is -0.308 e. The predicted octanol–water partition coefficient (Wildman–Crippen LogP) is 5.71. The SMILES string of the molecule is O=C(Nc1cccc(F)c1)Nc1cc(F)c(F)c(C(=O)c2ccc3ncc(-n4ccnc4)cc3c2)c1. The first-order chi connectivity index (χ1) is 17.4. The number of carbonyl (C=O) groups is 2. The number of imidazole rings is 1. The van der Waals surface area contributed by atoms with Gasteiger partial charge in [-0.2, -0.15) is 0 Å². The van der Waals surface area contributed by atoms with Gasteiger partial charge in [-0.15, -0.1) is 0 Å². The summed E-state index contributed by atoms with van der Waals surface area (Å²) in [5.74, 6) is -4.00. The summed E-state index contributed by atoms with van der Waals surface area (Å²) in [4.78, 5) is 33.7. The van der Waals surface area contributed by atoms with Gasteiger partial charge in [-0.3, -0.25) is 9.78 Å². The highest BCUT2D eigenvalue weighted by atomic mass is 19.2. The zero-order chi connectivity index (χ0) is 25.2. The molecule has 0 bridgehead atoms. The number of benzene rings is 3. The number of nitrogens with zero attached hydrogens (tertiary/aromatic N) is 3. The van der Waals surface area contributed by atoms with Gasteiger partial charge in [0, 0.05) is 40.8 Å². The lowest BCUT2D eigenvalue weighted by Crippen LogP contribution is -2.20. The van der Waals surface area contributed by atoms with E-state index in [1.165, 1.54) is 30.3 Å². The number of urea groups is 1. The highest BCUT2D eigenvalue weighted by Gasteiger charge is 2.20. The smallest absolute Gasteiger partial charge is 0.308 e. The number of anilines is 2. The summed E-state index contributed by atoms with van der Waals surface area (Å²) in [6.45, 7) is 0. The number of fused-ring (bicyclic) bond motifs is 1. The molecule has 0 atom stereocenters. The number of aromatic nitrogens is 3. The van der Waals surface area contributed by atoms with Crippen molar-refractivity contribution in [2.75, 3.05) is 10.6 Å². The standard InChI is InChI=1S/C26H16F3N5O2/c27-17-2-1-3-18(10-17)32-26(36)33-19-11-21(24(29)22(28)12-19)25(35)15-4-5-23-16(8-15)9-20(13-31-23)34-7-6-30-14-34/h1-14H,(H2,32,33,36). The topological polar surface area (TPSA) is 88.9 Å². The number of halogens is 3. The summed E-state index contributed by atoms with van der Waals surface area (Å²) in [5.41, 5.74) is 0.854. The second-order valence-electron chi connectivity index (χ2n) is 7.81. The maximum absolute atomic E-state index is 14.6. The second-order valence-corrected chi connectivity index (χ2v) is 7.81. The number of ketones is 1. The van der Waals surface area contributed by atoms with Crippen molar-refractivity contribution < 1.29 is 22.8 Å². The van der Waals surface area contributed by atoms with Crippen LogP contribution in [0.3, 0.4) is 0 Å². The average Bonchev–Trinajstić information content (AvgIpc) is 3.40. The molecule has 0 aliphatic heterocycles. The largest absolute Gasteiger partial charge is 0.323 e. The molecule has 178 valence electrons. The van der Waals surface area contributed by atoms with E-state index in [0.29, 0.717) is 16.6 Å². The number of carbonyl (C=O) groups excluding carboxylic acids is 2. The van der Waals surface area contributed by atoms with Crippen molar-refractivity contribution in [3.63, 3.8) is 0 Å². The Labute approximate surface area is 202 Å². The molecule has 0 saturated carbocycles. The molecule has 2 N–H and O–H groups in total. The third-order valence-electron chi connectivity index (χ3n) is 5.34. The molecule has 0 aliphatic rings. The van der Waals surface area contributed by atoms with E-state index in [1.807, 2.05) is 0 Å². The van der Waals surface area contributed by atoms with Crippen molar-refractivity contribution in [2.45, 2.75) is 0 Å². The molecule has 10 heteroatoms. The highest BCUT2D eigenvalue weighted by Crippen LogP contribution is 2.24. The Morgan fingerprint density at radius 1 is 0.889 bits per heavy atom. The van der Waals surface area contributed by atoms with Gasteiger partial charge >= 0.3 is 6.03 Å². The number of hydrogen-bond acceptors (Lipinski definition) is 4. The van der Waals surface area contributed by atoms with E-state index in [9.17, 15) is 22.8 Å². The van der Waals surface area contributed by atoms with Crippen molar-refractivity contribution in [2.24, 2.45) is 0 Å². The van der Waals surface area contributed by atoms with Crippen molar-refractivity contribution in [3.8, 4) is 5.69 Å². The van der Waals surface area contributed by atoms with Crippen LogP contribution in [0.15, 0.2) is 85.6 Å². The Balaban J connectivity index is 1.43. The van der Waals surface area contributed by atoms with Crippen LogP contribution in [0.5, 0.6) is 0 Å². The Hall–Kier alpha value is -4.99. The van der Waals surface area contributed by atoms with Crippen LogP contribution >= 0.6 is 0 Å². The molecule has 0 saturated heterocycles. The normalized spacial score (nSPS) is 10.9. The lowest BCUT2D eigenvalue weighted by Gasteiger charge is -2.11. The Bertz CT molecular complexity index is 1620. The Kier molecular flexibility index (Phi) is 5.91. The maximum Gasteiger partial charge on any atom is 0.323 e. The summed E-state index contributed by atoms with van der Waals surface area (Å²) in [6.07, 6.45) is 6.59. The fourth-order valence-corrected chi connectivity index (χ4v) is 3.66. The number of nitrogens with one attached hydrogen (secondary N) is 2. The van der Waals surface area contributed by atoms with Crippen LogP contribution in [0.2, 0.25) is 0 Å². The van der Waals surface area contributed by atoms with Gasteiger partial charge in [0.25, 0.3) is 0 Å². The van der Waals surface area contributed by atoms with Gasteiger partial charge in [-0.1, -0.05) is 6.07 Å². The van der Waals surface area contributed by atoms with Crippen LogP contribution in [0, 0.1) is 17.5 Å². The molecule has 5 aromatic rings. The molecule has 0 unspecified atom stereocenters. The van der Waals surface area contributed by atoms with Crippen LogP contribution in [0.25, 0.3) is 16.6 Å². The molecule has 36 heavy (non-hydrogen) atoms. The highest BCUT2D eigenvalue weighted by molar-refractivity contribution is 6.11. The lowest BCUT2D eigenvalue weighted by molar-refractivity contribution is 0.103. The Morgan fingerprint density at radius 3 is 2.50 bits per heavy atom. The monoisotopic (exact) mass is 487 g/mol. The average molecular weight is 487 g/mol. The summed E-state index contributed by atoms with van der Waals surface area (Å²) >= 11 is 0. The fraction of sp³-hybridized carbons (Fsp3) is 0. The number of pyridine rings is 1. The van der Waals surface area contributed by atoms with Crippen LogP contribution in [0.1, 0.15) is 15.9 Å². The summed E-state index contributed by atoms with van der Waals surface area (Å²) in [5, 5.41) is 5.31. The van der Waals surface area contributed by atoms with E-state index in [0.717, 1.165) is 18.2 Å². The summed E-state index contributed by atoms with van der Waals surface area (Å²) < 4.78 is 44.0. The molecule has 0 aliphatic carbocycles. The molecule has 0 fully saturated rings. The first kappa shape index (κ1) is 22.8. The minimum absolute atomic E-state index is 0.103. The van der Waals surface area contributed by atoms with E-state index >= 15 is 0 Å². The third-order valence-corrected chi connectivity index (χ3v) is 5.34. The molecule has 5 rings (SSSR count). The number of amides is 2. The third kappa shape index (κ3) is 4.64. The predicted molar refractivity (Wildman–Crippen MR) is 128 cm³/mol. The first-order valence-electron chi connectivity index (χ1n) is 10.6. The number of rotatable bonds is 5. The van der Waals surface area contributed by atoms with E-state index in [4.69, 9.17) is 0 Å². The minimum atomic E-state index is -1.35. The van der Waals surface area contributed by atoms with E-state index < -0.39 is 34.8 Å². The molecule has 2 heterocycles. The van der Waals surface area contributed by atoms with Crippen LogP contribution in [-0.2, 0) is 0 Å². The molecule has 2 aromatic heterocycles. The van der Waals surface area contributed by atoms with Gasteiger partial charge in [0.05, 0.1) is 29.3 Å². The first-order valence-corrected chi connectivity index (χ1v) is 10.6. The molecule has 7 nitrogen and oxygen atoms in total. The molecule has 0 spiro atoms. The van der Waals surface area contributed by atoms with Crippen molar-refractivity contribution >= 4 is 34.1 Å². The molecule has 3 aromatic carbocycles. The quantitative estimate of drug-likeness (QED) is 0.311. The van der Waals surface area contributed by atoms with Crippen LogP contribution in [-0.4, -0.2) is 26.3 Å². The number of hydrogen-bond donors (Lipinski definition) is 2. The van der Waals surface area contributed by atoms with Gasteiger partial charge in [-0.05, 0) is 48.5 Å². The van der Waals surface area contributed by atoms with E-state index in [2.05, 4.69) is 20.6 Å². The maximum atomic E-state index is 14.6. The van der Waals surface area contributed by atoms with Gasteiger partial charge in [0.1, 0.15) is 5.82 Å². The van der Waals surface area contributed by atoms with Gasteiger partial charge in [-0.25, -0.2) is 22.9 Å². The fourth-order valence-electron chi connectivity index (χ4n) is 3.66. The molecular weight excluding hydrogens is 471 g/mol. The molecule has 2 amide bonds. The Morgan fingerprint density at radius 2 is 1.72 bits per heavy atom. The van der Waals surface area contributed by atoms with Gasteiger partial charge in [0.2, 0.25) is 0 Å². The van der Waals surface area contributed by atoms with Crippen molar-refractivity contribution in [1.29, 1.82) is 0 Å². The summed E-state index contributed by atoms with van der Waals surface area (Å²) in [6, 6.07) is 12.5. The van der Waals surface area contributed by atoms with Gasteiger partial charge in [0.15, 0.2) is 17.4 Å². The molecule has 0 radical (unpaired) electrons. The van der Waals surface area contributed by atoms with Crippen LogP contribution < -0.4 is 10.6 Å². The van der Waals surface area contributed by atoms with E-state index in [-0.39, 0.29) is 16.9 Å². The van der Waals surface area contributed by atoms with Gasteiger partial charge < -0.3 is 15.2 Å². The van der Waals surface area contributed by atoms with Crippen molar-refractivity contribution in [1.82, 2.24) is 14.5 Å². The van der Waals surface area contributed by atoms with Crippen molar-refractivity contribution in [3.05, 3.63) is 114 Å². The van der Waals surface area contributed by atoms with E-state index in [1.54, 1.807) is 41.6 Å². The van der Waals surface area contributed by atoms with Crippen LogP contribution in [0.4, 0.5) is 29.3 Å². The zero-order valence-electron chi connectivity index (χ0n) is 18.4. The zero-order valence-corrected chi connectivity index (χ0v) is 18.4.